The average Bonchev–Trinajstić information content (AvgIpc) is 3.99. The molecule has 0 spiro atoms. The number of halogens is 3. The number of anilines is 2. The lowest BCUT2D eigenvalue weighted by Crippen LogP contribution is -2.57. The molecule has 3 heterocycles. The largest absolute Gasteiger partial charge is 0.494 e. The van der Waals surface area contributed by atoms with Crippen LogP contribution in [-0.2, 0) is 41.2 Å². The number of ether oxygens (including phenoxy) is 3. The van der Waals surface area contributed by atoms with Crippen LogP contribution in [0.3, 0.4) is 0 Å². The fourth-order valence-electron chi connectivity index (χ4n) is 8.37. The molecule has 0 radical (unpaired) electrons. The summed E-state index contributed by atoms with van der Waals surface area (Å²) in [6.45, 7) is 11.7. The number of β-amino-alcohol motifs (C(OH)–C–C–N with tert-alkyl or cyclic N) is 1. The number of hydrogen-bond donors (Lipinski definition) is 2. The van der Waals surface area contributed by atoms with E-state index in [1.165, 1.54) is 11.0 Å². The molecule has 0 unspecified atom stereocenters. The van der Waals surface area contributed by atoms with Crippen LogP contribution in [-0.4, -0.2) is 107 Å². The van der Waals surface area contributed by atoms with Crippen molar-refractivity contribution in [1.29, 1.82) is 5.26 Å². The van der Waals surface area contributed by atoms with E-state index in [4.69, 9.17) is 26.4 Å². The quantitative estimate of drug-likeness (QED) is 0.0465. The van der Waals surface area contributed by atoms with Crippen LogP contribution in [0.1, 0.15) is 82.7 Å². The molecule has 14 nitrogen and oxygen atoms in total. The lowest BCUT2D eigenvalue weighted by atomic mass is 9.85. The number of amides is 3. The van der Waals surface area contributed by atoms with Gasteiger partial charge in [-0.05, 0) is 111 Å². The van der Waals surface area contributed by atoms with Gasteiger partial charge in [0.15, 0.2) is 10.9 Å². The third kappa shape index (κ3) is 13.5. The first-order valence-electron chi connectivity index (χ1n) is 23.2. The minimum absolute atomic E-state index is 0.00283. The van der Waals surface area contributed by atoms with E-state index in [-0.39, 0.29) is 49.2 Å². The summed E-state index contributed by atoms with van der Waals surface area (Å²) in [5.74, 6) is -1.01. The molecular weight excluding hydrogens is 958 g/mol. The van der Waals surface area contributed by atoms with Gasteiger partial charge in [-0.1, -0.05) is 57.2 Å². The smallest absolute Gasteiger partial charge is 0.417 e. The Hall–Kier alpha value is -6.04. The Morgan fingerprint density at radius 1 is 1.00 bits per heavy atom. The number of hydrogen-bond acceptors (Lipinski definition) is 12. The number of alkyl halides is 3. The summed E-state index contributed by atoms with van der Waals surface area (Å²) in [4.78, 5) is 63.4. The Labute approximate surface area is 421 Å². The first-order chi connectivity index (χ1) is 33.6. The second-order valence-electron chi connectivity index (χ2n) is 19.0. The van der Waals surface area contributed by atoms with Gasteiger partial charge in [-0.15, -0.1) is 11.3 Å². The van der Waals surface area contributed by atoms with E-state index in [9.17, 15) is 42.7 Å². The van der Waals surface area contributed by atoms with Crippen molar-refractivity contribution in [2.24, 2.45) is 5.41 Å². The highest BCUT2D eigenvalue weighted by Gasteiger charge is 2.51. The molecule has 0 saturated carbocycles. The summed E-state index contributed by atoms with van der Waals surface area (Å²) in [7, 11) is 0. The maximum absolute atomic E-state index is 14.0. The molecule has 378 valence electrons. The van der Waals surface area contributed by atoms with Gasteiger partial charge in [-0.3, -0.25) is 24.1 Å². The molecule has 3 amide bonds. The van der Waals surface area contributed by atoms with Gasteiger partial charge in [0.2, 0.25) is 11.8 Å². The number of thiocarbonyl (C=S) groups is 1. The van der Waals surface area contributed by atoms with E-state index in [1.54, 1.807) is 72.6 Å². The number of nitrogens with zero attached hydrogens (tertiary/aromatic N) is 5. The Morgan fingerprint density at radius 2 is 1.66 bits per heavy atom. The molecule has 4 aromatic rings. The first-order valence-corrected chi connectivity index (χ1v) is 24.5. The fourth-order valence-corrected chi connectivity index (χ4v) is 9.70. The summed E-state index contributed by atoms with van der Waals surface area (Å²) in [6.07, 6.45) is 0.0827. The van der Waals surface area contributed by atoms with E-state index in [1.807, 2.05) is 57.5 Å². The van der Waals surface area contributed by atoms with Crippen LogP contribution >= 0.6 is 23.6 Å². The summed E-state index contributed by atoms with van der Waals surface area (Å²) >= 11 is 7.19. The molecule has 6 rings (SSSR count). The topological polar surface area (TPSA) is 175 Å². The number of aliphatic hydroxyl groups excluding tert-OH is 1. The van der Waals surface area contributed by atoms with Crippen molar-refractivity contribution in [3.05, 3.63) is 107 Å². The van der Waals surface area contributed by atoms with Gasteiger partial charge in [0.1, 0.15) is 23.9 Å². The molecule has 2 N–H and O–H groups in total. The van der Waals surface area contributed by atoms with Crippen LogP contribution < -0.4 is 19.9 Å². The highest BCUT2D eigenvalue weighted by atomic mass is 32.1. The van der Waals surface area contributed by atoms with Crippen molar-refractivity contribution < 1.29 is 51.7 Å². The zero-order valence-corrected chi connectivity index (χ0v) is 42.2. The van der Waals surface area contributed by atoms with Crippen molar-refractivity contribution >= 4 is 63.5 Å². The number of rotatable bonds is 21. The number of Topliss-reactive ketones (excluding diaryl/α,β-unsaturated/α-hetero) is 1. The third-order valence-corrected chi connectivity index (χ3v) is 13.5. The van der Waals surface area contributed by atoms with E-state index in [0.717, 1.165) is 38.7 Å². The minimum atomic E-state index is -4.80. The fraction of sp³-hybridized carbons (Fsp3) is 0.442. The number of ketones is 1. The number of carbonyl (C=O) groups excluding carboxylic acids is 4. The van der Waals surface area contributed by atoms with Crippen molar-refractivity contribution in [3.63, 3.8) is 0 Å². The number of aromatic nitrogens is 1. The Kier molecular flexibility index (Phi) is 17.9. The van der Waals surface area contributed by atoms with Crippen LogP contribution in [0.25, 0.3) is 10.4 Å². The summed E-state index contributed by atoms with van der Waals surface area (Å²) in [5.41, 5.74) is 1.65. The van der Waals surface area contributed by atoms with Gasteiger partial charge in [0.05, 0.1) is 70.9 Å². The number of aliphatic hydroxyl groups is 1. The predicted molar refractivity (Wildman–Crippen MR) is 268 cm³/mol. The van der Waals surface area contributed by atoms with Crippen LogP contribution in [0.4, 0.5) is 24.5 Å². The molecule has 0 aliphatic carbocycles. The number of unbranched alkanes of at least 4 members (excludes halogenated alkanes) is 1. The Bertz CT molecular complexity index is 2620. The van der Waals surface area contributed by atoms with Crippen LogP contribution in [0.15, 0.2) is 84.4 Å². The zero-order valence-electron chi connectivity index (χ0n) is 40.6. The van der Waals surface area contributed by atoms with Crippen LogP contribution in [0.2, 0.25) is 0 Å². The molecule has 2 saturated heterocycles. The molecule has 19 heteroatoms. The van der Waals surface area contributed by atoms with Crippen LogP contribution in [0.5, 0.6) is 5.75 Å². The SMILES string of the molecule is Cc1ncsc1-c1ccc(CCC(=O)[C@@H]2C[C@@H](O)CN2C(=O)[C@@H](NC(=O)COC/C=C\COCCCCOc2ccc(N3C(=S)N(c4ccc(C#N)c(C(F)(F)F)c4)C(=O)C3(C)C)cc2)C(C)(C)C)cc1. The molecule has 1 aromatic heterocycles. The number of carbonyl (C=O) groups is 4. The van der Waals surface area contributed by atoms with Gasteiger partial charge in [0, 0.05) is 31.7 Å². The lowest BCUT2D eigenvalue weighted by Gasteiger charge is -2.35. The summed E-state index contributed by atoms with van der Waals surface area (Å²) < 4.78 is 58.2. The number of nitriles is 1. The van der Waals surface area contributed by atoms with Crippen molar-refractivity contribution in [2.45, 2.75) is 104 Å². The Balaban J connectivity index is 0.867. The standard InChI is InChI=1S/C52H59F3N6O8S2/c1-33-45(71-32-57-33)35-14-11-34(12-15-35)13-22-43(63)42-28-39(62)30-59(42)47(65)46(50(2,3)4)58-44(64)31-68-25-8-7-23-67-24-9-10-26-69-40-20-18-37(19-21-40)61-49(70)60(48(66)51(61,5)6)38-17-16-36(29-56)41(27-38)52(53,54)55/h7-8,11-12,14-21,27,32,39,42,46,62H,9-10,13,22-26,28,30-31H2,1-6H3,(H,58,64)/b8-7-/t39-,42+,46-/m1/s1. The Morgan fingerprint density at radius 3 is 2.30 bits per heavy atom. The minimum Gasteiger partial charge on any atom is -0.494 e. The van der Waals surface area contributed by atoms with Crippen molar-refractivity contribution in [2.75, 3.05) is 49.4 Å². The van der Waals surface area contributed by atoms with E-state index in [2.05, 4.69) is 10.3 Å². The second kappa shape index (κ2) is 23.5. The van der Waals surface area contributed by atoms with E-state index in [0.29, 0.717) is 50.5 Å². The van der Waals surface area contributed by atoms with Gasteiger partial charge in [-0.25, -0.2) is 4.98 Å². The maximum atomic E-state index is 14.0. The number of thiazole rings is 1. The summed E-state index contributed by atoms with van der Waals surface area (Å²) in [5, 5.41) is 22.6. The molecule has 0 bridgehead atoms. The van der Waals surface area contributed by atoms with Gasteiger partial charge >= 0.3 is 6.18 Å². The second-order valence-corrected chi connectivity index (χ2v) is 20.2. The molecule has 2 aliphatic heterocycles. The molecule has 2 aliphatic rings. The number of likely N-dealkylation sites (tertiary alicyclic amines) is 1. The number of aryl methyl sites for hydroxylation is 2. The lowest BCUT2D eigenvalue weighted by molar-refractivity contribution is -0.144. The predicted octanol–water partition coefficient (Wildman–Crippen LogP) is 8.37. The molecule has 3 atom stereocenters. The van der Waals surface area contributed by atoms with Gasteiger partial charge in [-0.2, -0.15) is 18.4 Å². The van der Waals surface area contributed by atoms with Crippen molar-refractivity contribution in [1.82, 2.24) is 15.2 Å². The summed E-state index contributed by atoms with van der Waals surface area (Å²) in [6, 6.07) is 17.7. The first kappa shape index (κ1) is 54.3. The monoisotopic (exact) mass is 1020 g/mol. The maximum Gasteiger partial charge on any atom is 0.417 e. The molecule has 3 aromatic carbocycles. The molecule has 2 fully saturated rings. The average molecular weight is 1020 g/mol. The van der Waals surface area contributed by atoms with E-state index < -0.39 is 64.2 Å². The van der Waals surface area contributed by atoms with Crippen molar-refractivity contribution in [3.8, 4) is 22.3 Å². The molecule has 71 heavy (non-hydrogen) atoms. The van der Waals surface area contributed by atoms with E-state index >= 15 is 0 Å². The normalized spacial score (nSPS) is 17.5. The highest BCUT2D eigenvalue weighted by Crippen LogP contribution is 2.40. The molecular formula is C52H59F3N6O8S2. The van der Waals surface area contributed by atoms with Gasteiger partial charge < -0.3 is 34.4 Å². The van der Waals surface area contributed by atoms with Gasteiger partial charge in [0.25, 0.3) is 5.91 Å². The highest BCUT2D eigenvalue weighted by molar-refractivity contribution is 7.81. The number of benzene rings is 3. The van der Waals surface area contributed by atoms with Crippen LogP contribution in [0, 0.1) is 23.7 Å². The third-order valence-electron chi connectivity index (χ3n) is 12.2. The zero-order chi connectivity index (χ0) is 51.7. The number of nitrogens with one attached hydrogen (secondary N) is 1.